The van der Waals surface area contributed by atoms with Crippen molar-refractivity contribution >= 4 is 32.6 Å². The number of halogens is 2. The first-order valence-corrected chi connectivity index (χ1v) is 10.7. The van der Waals surface area contributed by atoms with Gasteiger partial charge >= 0.3 is 0 Å². The Labute approximate surface area is 183 Å². The van der Waals surface area contributed by atoms with Crippen molar-refractivity contribution < 1.29 is 13.6 Å². The second kappa shape index (κ2) is 8.19. The summed E-state index contributed by atoms with van der Waals surface area (Å²) in [4.78, 5) is 19.3. The number of rotatable bonds is 5. The van der Waals surface area contributed by atoms with E-state index < -0.39 is 11.6 Å². The topological polar surface area (TPSA) is 51.0 Å². The molecule has 0 fully saturated rings. The Morgan fingerprint density at radius 2 is 1.84 bits per heavy atom. The van der Waals surface area contributed by atoms with Gasteiger partial charge in [-0.3, -0.25) is 14.4 Å². The predicted molar refractivity (Wildman–Crippen MR) is 119 cm³/mol. The van der Waals surface area contributed by atoms with E-state index in [9.17, 15) is 13.6 Å². The van der Waals surface area contributed by atoms with Gasteiger partial charge in [-0.15, -0.1) is 0 Å². The summed E-state index contributed by atoms with van der Waals surface area (Å²) in [7, 11) is 0. The van der Waals surface area contributed by atoms with Crippen molar-refractivity contribution in [2.75, 3.05) is 11.4 Å². The van der Waals surface area contributed by atoms with Crippen LogP contribution in [-0.4, -0.2) is 27.2 Å². The number of aromatic nitrogens is 3. The van der Waals surface area contributed by atoms with E-state index in [-0.39, 0.29) is 18.0 Å². The second-order valence-corrected chi connectivity index (χ2v) is 8.65. The fourth-order valence-corrected chi connectivity index (χ4v) is 4.50. The Kier molecular flexibility index (Phi) is 5.58. The number of amides is 1. The molecule has 0 unspecified atom stereocenters. The van der Waals surface area contributed by atoms with Crippen molar-refractivity contribution in [2.45, 2.75) is 34.2 Å². The van der Waals surface area contributed by atoms with Gasteiger partial charge < -0.3 is 0 Å². The number of fused-ring (bicyclic) bond motifs is 1. The number of carbonyl (C=O) groups is 1. The quantitative estimate of drug-likeness (QED) is 0.420. The fourth-order valence-electron chi connectivity index (χ4n) is 3.47. The van der Waals surface area contributed by atoms with Crippen LogP contribution in [0.25, 0.3) is 10.2 Å². The van der Waals surface area contributed by atoms with E-state index in [1.54, 1.807) is 6.07 Å². The Morgan fingerprint density at radius 3 is 2.52 bits per heavy atom. The highest BCUT2D eigenvalue weighted by molar-refractivity contribution is 7.22. The molecule has 4 aromatic rings. The molecule has 8 heteroatoms. The monoisotopic (exact) mass is 440 g/mol. The van der Waals surface area contributed by atoms with E-state index in [4.69, 9.17) is 0 Å². The van der Waals surface area contributed by atoms with Crippen LogP contribution < -0.4 is 4.90 Å². The molecule has 5 nitrogen and oxygen atoms in total. The molecule has 0 N–H and O–H groups in total. The first kappa shape index (κ1) is 21.1. The highest BCUT2D eigenvalue weighted by Crippen LogP contribution is 2.32. The zero-order chi connectivity index (χ0) is 22.3. The van der Waals surface area contributed by atoms with E-state index in [0.717, 1.165) is 39.9 Å². The van der Waals surface area contributed by atoms with Crippen molar-refractivity contribution in [1.82, 2.24) is 14.8 Å². The average Bonchev–Trinajstić information content (AvgIpc) is 3.26. The van der Waals surface area contributed by atoms with Gasteiger partial charge in [0.25, 0.3) is 5.91 Å². The molecule has 4 rings (SSSR count). The van der Waals surface area contributed by atoms with Gasteiger partial charge in [-0.25, -0.2) is 13.8 Å². The van der Waals surface area contributed by atoms with Crippen LogP contribution in [0.2, 0.25) is 0 Å². The summed E-state index contributed by atoms with van der Waals surface area (Å²) in [6.45, 7) is 8.52. The van der Waals surface area contributed by atoms with Crippen LogP contribution in [0.4, 0.5) is 13.9 Å². The summed E-state index contributed by atoms with van der Waals surface area (Å²) in [5, 5.41) is 4.78. The Balaban J connectivity index is 1.74. The summed E-state index contributed by atoms with van der Waals surface area (Å²) < 4.78 is 30.1. The van der Waals surface area contributed by atoms with E-state index in [1.807, 2.05) is 50.6 Å². The number of anilines is 1. The third kappa shape index (κ3) is 4.20. The lowest BCUT2D eigenvalue weighted by Gasteiger charge is -2.21. The molecule has 0 bridgehead atoms. The van der Waals surface area contributed by atoms with E-state index in [1.165, 1.54) is 11.0 Å². The molecule has 2 aromatic heterocycles. The Hall–Kier alpha value is -3.13. The molecule has 0 aliphatic carbocycles. The maximum absolute atomic E-state index is 14.2. The molecule has 31 heavy (non-hydrogen) atoms. The van der Waals surface area contributed by atoms with Crippen LogP contribution in [-0.2, 0) is 6.54 Å². The molecule has 2 heterocycles. The van der Waals surface area contributed by atoms with Gasteiger partial charge in [0.05, 0.1) is 16.9 Å². The number of nitrogens with zero attached hydrogens (tertiary/aromatic N) is 4. The maximum atomic E-state index is 14.2. The molecule has 1 amide bonds. The largest absolute Gasteiger partial charge is 0.282 e. The molecule has 0 atom stereocenters. The third-order valence-corrected chi connectivity index (χ3v) is 6.30. The van der Waals surface area contributed by atoms with Gasteiger partial charge in [-0.05, 0) is 63.1 Å². The van der Waals surface area contributed by atoms with Crippen LogP contribution in [0.1, 0.15) is 32.9 Å². The normalized spacial score (nSPS) is 11.3. The number of benzene rings is 2. The van der Waals surface area contributed by atoms with Gasteiger partial charge in [0.15, 0.2) is 10.9 Å². The third-order valence-electron chi connectivity index (χ3n) is 5.27. The maximum Gasteiger partial charge on any atom is 0.260 e. The first-order valence-electron chi connectivity index (χ1n) is 9.88. The van der Waals surface area contributed by atoms with Gasteiger partial charge in [-0.1, -0.05) is 17.4 Å². The van der Waals surface area contributed by atoms with Crippen molar-refractivity contribution in [3.8, 4) is 0 Å². The first-order chi connectivity index (χ1) is 14.7. The zero-order valence-corrected chi connectivity index (χ0v) is 18.6. The highest BCUT2D eigenvalue weighted by Gasteiger charge is 2.23. The van der Waals surface area contributed by atoms with E-state index in [0.29, 0.717) is 21.9 Å². The number of hydrogen-bond acceptors (Lipinski definition) is 4. The summed E-state index contributed by atoms with van der Waals surface area (Å²) in [5.74, 6) is -1.66. The summed E-state index contributed by atoms with van der Waals surface area (Å²) in [6.07, 6.45) is 0. The van der Waals surface area contributed by atoms with Crippen molar-refractivity contribution in [1.29, 1.82) is 0 Å². The molecular formula is C23H22F2N4OS. The Morgan fingerprint density at radius 1 is 1.06 bits per heavy atom. The molecular weight excluding hydrogens is 418 g/mol. The lowest BCUT2D eigenvalue weighted by Crippen LogP contribution is -2.34. The van der Waals surface area contributed by atoms with Crippen molar-refractivity contribution in [2.24, 2.45) is 0 Å². The fraction of sp³-hybridized carbons (Fsp3) is 0.261. The molecule has 0 aliphatic heterocycles. The zero-order valence-electron chi connectivity index (χ0n) is 17.7. The Bertz CT molecular complexity index is 1290. The average molecular weight is 441 g/mol. The molecule has 0 aliphatic rings. The number of thiazole rings is 1. The van der Waals surface area contributed by atoms with Gasteiger partial charge in [-0.2, -0.15) is 5.10 Å². The minimum absolute atomic E-state index is 0.0606. The van der Waals surface area contributed by atoms with E-state index >= 15 is 0 Å². The van der Waals surface area contributed by atoms with Crippen LogP contribution >= 0.6 is 11.3 Å². The molecule has 2 aromatic carbocycles. The number of aryl methyl sites for hydroxylation is 4. The second-order valence-electron chi connectivity index (χ2n) is 7.64. The number of hydrogen-bond donors (Lipinski definition) is 0. The molecule has 0 radical (unpaired) electrons. The predicted octanol–water partition coefficient (Wildman–Crippen LogP) is 5.35. The molecule has 0 saturated heterocycles. The lowest BCUT2D eigenvalue weighted by atomic mass is 10.1. The summed E-state index contributed by atoms with van der Waals surface area (Å²) in [5.41, 5.74) is 4.54. The number of carbonyl (C=O) groups excluding carboxylic acids is 1. The van der Waals surface area contributed by atoms with Gasteiger partial charge in [0, 0.05) is 23.9 Å². The van der Waals surface area contributed by atoms with Crippen molar-refractivity contribution in [3.05, 3.63) is 76.1 Å². The van der Waals surface area contributed by atoms with Crippen LogP contribution in [0.15, 0.2) is 36.4 Å². The molecule has 0 saturated carbocycles. The molecule has 160 valence electrons. The van der Waals surface area contributed by atoms with Crippen molar-refractivity contribution in [3.63, 3.8) is 0 Å². The lowest BCUT2D eigenvalue weighted by molar-refractivity contribution is 0.0985. The summed E-state index contributed by atoms with van der Waals surface area (Å²) >= 11 is 1.09. The standard InChI is InChI=1S/C23H22F2N4OS/c1-13-5-6-17(9-14(13)2)22(30)28(7-8-29-16(4)10-15(3)27-29)23-26-21-19(25)11-18(24)12-20(21)31-23/h5-6,9-12H,7-8H2,1-4H3. The SMILES string of the molecule is Cc1cc(C)n(CCN(C(=O)c2ccc(C)c(C)c2)c2nc3c(F)cc(F)cc3s2)n1. The summed E-state index contributed by atoms with van der Waals surface area (Å²) in [6, 6.07) is 9.51. The molecule has 0 spiro atoms. The highest BCUT2D eigenvalue weighted by atomic mass is 32.1. The van der Waals surface area contributed by atoms with Gasteiger partial charge in [0.1, 0.15) is 11.3 Å². The minimum Gasteiger partial charge on any atom is -0.282 e. The van der Waals surface area contributed by atoms with E-state index in [2.05, 4.69) is 10.1 Å². The van der Waals surface area contributed by atoms with Gasteiger partial charge in [0.2, 0.25) is 0 Å². The minimum atomic E-state index is -0.741. The smallest absolute Gasteiger partial charge is 0.260 e. The van der Waals surface area contributed by atoms with Crippen LogP contribution in [0.5, 0.6) is 0 Å². The van der Waals surface area contributed by atoms with Crippen LogP contribution in [0, 0.1) is 39.3 Å². The van der Waals surface area contributed by atoms with Crippen LogP contribution in [0.3, 0.4) is 0 Å².